The minimum absolute atomic E-state index is 0.253. The van der Waals surface area contributed by atoms with Gasteiger partial charge in [0.05, 0.1) is 23.4 Å². The summed E-state index contributed by atoms with van der Waals surface area (Å²) in [6.45, 7) is 6.13. The number of carbonyl (C=O) groups is 2. The van der Waals surface area contributed by atoms with Crippen molar-refractivity contribution in [2.24, 2.45) is 0 Å². The van der Waals surface area contributed by atoms with Crippen LogP contribution in [0.2, 0.25) is 0 Å². The summed E-state index contributed by atoms with van der Waals surface area (Å²) in [4.78, 5) is 24.0. The Bertz CT molecular complexity index is 1370. The minimum Gasteiger partial charge on any atom is -0.386 e. The summed E-state index contributed by atoms with van der Waals surface area (Å²) in [6.07, 6.45) is 8.18. The summed E-state index contributed by atoms with van der Waals surface area (Å²) in [5.74, 6) is -0.253. The van der Waals surface area contributed by atoms with Crippen molar-refractivity contribution < 1.29 is 9.59 Å². The molecule has 2 aromatic carbocycles. The molecule has 0 saturated carbocycles. The highest BCUT2D eigenvalue weighted by atomic mass is 16.1. The van der Waals surface area contributed by atoms with Crippen LogP contribution in [0.1, 0.15) is 40.9 Å². The molecule has 170 valence electrons. The van der Waals surface area contributed by atoms with Crippen LogP contribution in [0.15, 0.2) is 72.7 Å². The maximum Gasteiger partial charge on any atom is 0.255 e. The van der Waals surface area contributed by atoms with Crippen LogP contribution in [0, 0.1) is 18.3 Å². The number of aldehydes is 1. The molecule has 7 heteroatoms. The van der Waals surface area contributed by atoms with E-state index in [1.807, 2.05) is 63.5 Å². The Morgan fingerprint density at radius 1 is 1.26 bits per heavy atom. The quantitative estimate of drug-likeness (QED) is 0.544. The van der Waals surface area contributed by atoms with Gasteiger partial charge in [0, 0.05) is 46.9 Å². The lowest BCUT2D eigenvalue weighted by molar-refractivity contribution is -0.104. The van der Waals surface area contributed by atoms with Crippen LogP contribution in [0.25, 0.3) is 11.3 Å². The molecule has 0 spiro atoms. The zero-order valence-electron chi connectivity index (χ0n) is 19.3. The number of allylic oxidation sites excluding steroid dienone is 2. The van der Waals surface area contributed by atoms with Gasteiger partial charge in [-0.25, -0.2) is 4.68 Å². The third-order valence-corrected chi connectivity index (χ3v) is 5.81. The van der Waals surface area contributed by atoms with Crippen LogP contribution < -0.4 is 10.6 Å². The molecular weight excluding hydrogens is 426 g/mol. The molecule has 4 rings (SSSR count). The number of nitriles is 1. The fraction of sp³-hybridized carbons (Fsp3) is 0.185. The number of hydrogen-bond acceptors (Lipinski definition) is 5. The Kier molecular flexibility index (Phi) is 6.15. The lowest BCUT2D eigenvalue weighted by Gasteiger charge is -2.16. The van der Waals surface area contributed by atoms with E-state index in [4.69, 9.17) is 0 Å². The van der Waals surface area contributed by atoms with E-state index < -0.39 is 5.41 Å². The maximum atomic E-state index is 12.9. The lowest BCUT2D eigenvalue weighted by Crippen LogP contribution is -2.17. The summed E-state index contributed by atoms with van der Waals surface area (Å²) >= 11 is 0. The van der Waals surface area contributed by atoms with Crippen molar-refractivity contribution in [1.29, 1.82) is 5.26 Å². The Balaban J connectivity index is 1.58. The Morgan fingerprint density at radius 3 is 2.85 bits per heavy atom. The van der Waals surface area contributed by atoms with E-state index >= 15 is 0 Å². The van der Waals surface area contributed by atoms with Gasteiger partial charge < -0.3 is 10.6 Å². The molecule has 0 unspecified atom stereocenters. The van der Waals surface area contributed by atoms with Gasteiger partial charge in [0.1, 0.15) is 6.29 Å². The first-order valence-corrected chi connectivity index (χ1v) is 10.9. The SMILES string of the molecule is Cc1ccc(NC(=O)c2cccc(C(C)(C)C#N)c2)cc1-n1cc(C2=CNCC(C=O)=C2)cn1. The number of hydrogen-bond donors (Lipinski definition) is 2. The van der Waals surface area contributed by atoms with Crippen molar-refractivity contribution in [1.82, 2.24) is 15.1 Å². The molecule has 1 amide bonds. The van der Waals surface area contributed by atoms with Gasteiger partial charge in [0.15, 0.2) is 0 Å². The molecule has 3 aromatic rings. The van der Waals surface area contributed by atoms with E-state index in [9.17, 15) is 14.9 Å². The highest BCUT2D eigenvalue weighted by molar-refractivity contribution is 6.04. The van der Waals surface area contributed by atoms with Crippen LogP contribution in [-0.4, -0.2) is 28.5 Å². The number of amides is 1. The lowest BCUT2D eigenvalue weighted by atomic mass is 9.85. The standard InChI is InChI=1S/C27H25N5O2/c1-18-7-8-24(31-26(34)20-5-4-6-23(10-20)27(2,3)17-28)11-25(18)32-15-22(14-30-32)21-9-19(16-33)12-29-13-21/h4-11,13-16,29H,12H2,1-3H3,(H,31,34). The van der Waals surface area contributed by atoms with Crippen molar-refractivity contribution in [2.45, 2.75) is 26.2 Å². The largest absolute Gasteiger partial charge is 0.386 e. The van der Waals surface area contributed by atoms with E-state index in [1.54, 1.807) is 29.1 Å². The molecule has 34 heavy (non-hydrogen) atoms. The molecule has 0 atom stereocenters. The predicted octanol–water partition coefficient (Wildman–Crippen LogP) is 4.30. The molecule has 0 saturated heterocycles. The summed E-state index contributed by atoms with van der Waals surface area (Å²) < 4.78 is 1.75. The van der Waals surface area contributed by atoms with Crippen LogP contribution >= 0.6 is 0 Å². The van der Waals surface area contributed by atoms with Gasteiger partial charge >= 0.3 is 0 Å². The number of nitrogens with one attached hydrogen (secondary N) is 2. The first-order valence-electron chi connectivity index (χ1n) is 10.9. The summed E-state index contributed by atoms with van der Waals surface area (Å²) in [6, 6.07) is 15.0. The van der Waals surface area contributed by atoms with Gasteiger partial charge in [-0.15, -0.1) is 0 Å². The highest BCUT2D eigenvalue weighted by Crippen LogP contribution is 2.25. The second-order valence-electron chi connectivity index (χ2n) is 8.76. The van der Waals surface area contributed by atoms with Crippen LogP contribution in [0.3, 0.4) is 0 Å². The van der Waals surface area contributed by atoms with E-state index in [0.717, 1.165) is 34.2 Å². The minimum atomic E-state index is -0.684. The molecule has 0 aliphatic carbocycles. The monoisotopic (exact) mass is 451 g/mol. The van der Waals surface area contributed by atoms with Gasteiger partial charge in [0.2, 0.25) is 0 Å². The van der Waals surface area contributed by atoms with Crippen LogP contribution in [-0.2, 0) is 10.2 Å². The van der Waals surface area contributed by atoms with Crippen LogP contribution in [0.5, 0.6) is 0 Å². The fourth-order valence-electron chi connectivity index (χ4n) is 3.67. The van der Waals surface area contributed by atoms with Crippen molar-refractivity contribution in [2.75, 3.05) is 11.9 Å². The zero-order chi connectivity index (χ0) is 24.3. The molecular formula is C27H25N5O2. The molecule has 1 aliphatic heterocycles. The number of benzene rings is 2. The number of carbonyl (C=O) groups excluding carboxylic acids is 2. The van der Waals surface area contributed by atoms with E-state index in [-0.39, 0.29) is 5.91 Å². The number of anilines is 1. The van der Waals surface area contributed by atoms with Crippen molar-refractivity contribution in [3.05, 3.63) is 95.0 Å². The summed E-state index contributed by atoms with van der Waals surface area (Å²) in [7, 11) is 0. The van der Waals surface area contributed by atoms with Gasteiger partial charge in [0.25, 0.3) is 5.91 Å². The summed E-state index contributed by atoms with van der Waals surface area (Å²) in [5.41, 5.74) is 5.46. The van der Waals surface area contributed by atoms with E-state index in [2.05, 4.69) is 21.8 Å². The molecule has 2 N–H and O–H groups in total. The van der Waals surface area contributed by atoms with Gasteiger partial charge in [-0.05, 0) is 62.2 Å². The average molecular weight is 452 g/mol. The number of aromatic nitrogens is 2. The maximum absolute atomic E-state index is 12.9. The first-order chi connectivity index (χ1) is 16.3. The van der Waals surface area contributed by atoms with Gasteiger partial charge in [-0.1, -0.05) is 18.2 Å². The van der Waals surface area contributed by atoms with Gasteiger partial charge in [-0.3, -0.25) is 9.59 Å². The third-order valence-electron chi connectivity index (χ3n) is 5.81. The van der Waals surface area contributed by atoms with E-state index in [1.165, 1.54) is 0 Å². The highest BCUT2D eigenvalue weighted by Gasteiger charge is 2.21. The fourth-order valence-corrected chi connectivity index (χ4v) is 3.67. The van der Waals surface area contributed by atoms with Crippen molar-refractivity contribution in [3.63, 3.8) is 0 Å². The van der Waals surface area contributed by atoms with Gasteiger partial charge in [-0.2, -0.15) is 10.4 Å². The first kappa shape index (κ1) is 22.7. The molecule has 1 aromatic heterocycles. The molecule has 0 bridgehead atoms. The molecule has 7 nitrogen and oxygen atoms in total. The summed E-state index contributed by atoms with van der Waals surface area (Å²) in [5, 5.41) is 19.9. The van der Waals surface area contributed by atoms with Crippen LogP contribution in [0.4, 0.5) is 5.69 Å². The number of nitrogens with zero attached hydrogens (tertiary/aromatic N) is 3. The second-order valence-corrected chi connectivity index (χ2v) is 8.76. The molecule has 0 fully saturated rings. The zero-order valence-corrected chi connectivity index (χ0v) is 19.3. The second kappa shape index (κ2) is 9.20. The Labute approximate surface area is 198 Å². The normalized spacial score (nSPS) is 13.2. The molecule has 2 heterocycles. The topological polar surface area (TPSA) is 99.8 Å². The smallest absolute Gasteiger partial charge is 0.255 e. The predicted molar refractivity (Wildman–Crippen MR) is 131 cm³/mol. The third kappa shape index (κ3) is 4.66. The van der Waals surface area contributed by atoms with Crippen molar-refractivity contribution >= 4 is 23.5 Å². The van der Waals surface area contributed by atoms with E-state index in [0.29, 0.717) is 23.4 Å². The van der Waals surface area contributed by atoms with Crippen molar-refractivity contribution in [3.8, 4) is 11.8 Å². The number of dihydropyridines is 1. The Hall–Kier alpha value is -4.44. The number of aryl methyl sites for hydroxylation is 1. The molecule has 1 aliphatic rings. The number of rotatable bonds is 6. The Morgan fingerprint density at radius 2 is 2.09 bits per heavy atom. The average Bonchev–Trinajstić information content (AvgIpc) is 3.35. The molecule has 0 radical (unpaired) electrons.